The largest absolute Gasteiger partial charge is 0.347 e. The molecule has 3 nitrogen and oxygen atoms in total. The highest BCUT2D eigenvalue weighted by Crippen LogP contribution is 2.13. The summed E-state index contributed by atoms with van der Waals surface area (Å²) in [6, 6.07) is 8.93. The molecule has 2 aromatic rings. The Labute approximate surface area is 95.9 Å². The Hall–Kier alpha value is -1.61. The van der Waals surface area contributed by atoms with Crippen LogP contribution in [0.15, 0.2) is 36.8 Å². The molecule has 1 heterocycles. The van der Waals surface area contributed by atoms with Gasteiger partial charge < -0.3 is 10.3 Å². The number of hydrogen-bond acceptors (Lipinski definition) is 2. The third-order valence-electron chi connectivity index (χ3n) is 2.70. The summed E-state index contributed by atoms with van der Waals surface area (Å²) in [5.41, 5.74) is 3.73. The van der Waals surface area contributed by atoms with Crippen LogP contribution in [-0.4, -0.2) is 9.97 Å². The second-order valence-electron chi connectivity index (χ2n) is 4.09. The van der Waals surface area contributed by atoms with E-state index in [0.29, 0.717) is 6.04 Å². The minimum absolute atomic E-state index is 0.350. The first-order valence-corrected chi connectivity index (χ1v) is 5.53. The zero-order valence-electron chi connectivity index (χ0n) is 9.70. The van der Waals surface area contributed by atoms with Crippen molar-refractivity contribution in [2.45, 2.75) is 26.4 Å². The summed E-state index contributed by atoms with van der Waals surface area (Å²) in [7, 11) is 0. The van der Waals surface area contributed by atoms with Crippen molar-refractivity contribution < 1.29 is 0 Å². The van der Waals surface area contributed by atoms with Crippen LogP contribution in [0.2, 0.25) is 0 Å². The van der Waals surface area contributed by atoms with Gasteiger partial charge in [-0.15, -0.1) is 0 Å². The van der Waals surface area contributed by atoms with Gasteiger partial charge in [0.15, 0.2) is 0 Å². The van der Waals surface area contributed by atoms with Gasteiger partial charge in [0, 0.05) is 24.5 Å². The molecule has 0 aliphatic rings. The maximum Gasteiger partial charge on any atom is 0.0922 e. The van der Waals surface area contributed by atoms with E-state index in [9.17, 15) is 0 Å². The van der Waals surface area contributed by atoms with E-state index in [-0.39, 0.29) is 0 Å². The second-order valence-corrected chi connectivity index (χ2v) is 4.09. The van der Waals surface area contributed by atoms with E-state index in [2.05, 4.69) is 53.4 Å². The Kier molecular flexibility index (Phi) is 3.37. The lowest BCUT2D eigenvalue weighted by atomic mass is 10.1. The molecule has 1 atom stereocenters. The van der Waals surface area contributed by atoms with Crippen LogP contribution in [0.25, 0.3) is 0 Å². The first-order valence-electron chi connectivity index (χ1n) is 5.53. The van der Waals surface area contributed by atoms with Crippen molar-refractivity contribution in [3.8, 4) is 0 Å². The van der Waals surface area contributed by atoms with Gasteiger partial charge in [-0.1, -0.05) is 29.8 Å². The highest BCUT2D eigenvalue weighted by molar-refractivity contribution is 5.24. The summed E-state index contributed by atoms with van der Waals surface area (Å²) < 4.78 is 0. The number of nitrogens with one attached hydrogen (secondary N) is 2. The van der Waals surface area contributed by atoms with Gasteiger partial charge >= 0.3 is 0 Å². The highest BCUT2D eigenvalue weighted by Gasteiger charge is 2.04. The fraction of sp³-hybridized carbons (Fsp3) is 0.308. The van der Waals surface area contributed by atoms with E-state index in [1.54, 1.807) is 6.33 Å². The number of aromatic nitrogens is 2. The minimum atomic E-state index is 0.350. The van der Waals surface area contributed by atoms with Crippen LogP contribution in [0, 0.1) is 6.92 Å². The summed E-state index contributed by atoms with van der Waals surface area (Å²) in [6.45, 7) is 5.10. The van der Waals surface area contributed by atoms with Crippen molar-refractivity contribution >= 4 is 0 Å². The van der Waals surface area contributed by atoms with Gasteiger partial charge in [-0.05, 0) is 19.4 Å². The molecule has 0 amide bonds. The third kappa shape index (κ3) is 2.70. The predicted octanol–water partition coefficient (Wildman–Crippen LogP) is 2.57. The van der Waals surface area contributed by atoms with E-state index in [1.807, 2.05) is 6.20 Å². The predicted molar refractivity (Wildman–Crippen MR) is 65.0 cm³/mol. The maximum atomic E-state index is 3.99. The Balaban J connectivity index is 1.95. The van der Waals surface area contributed by atoms with Crippen LogP contribution < -0.4 is 5.32 Å². The standard InChI is InChI=1S/C13H17N3/c1-10-4-3-5-12(6-10)11(2)15-8-13-7-14-9-16-13/h3-7,9,11,15H,8H2,1-2H3,(H,14,16)/t11-/m0/s1. The molecule has 0 unspecified atom stereocenters. The Morgan fingerprint density at radius 2 is 2.31 bits per heavy atom. The average Bonchev–Trinajstić information content (AvgIpc) is 2.78. The first kappa shape index (κ1) is 10.9. The summed E-state index contributed by atoms with van der Waals surface area (Å²) in [5.74, 6) is 0. The van der Waals surface area contributed by atoms with Crippen LogP contribution in [-0.2, 0) is 6.54 Å². The fourth-order valence-electron chi connectivity index (χ4n) is 1.70. The molecular formula is C13H17N3. The van der Waals surface area contributed by atoms with Crippen molar-refractivity contribution in [2.75, 3.05) is 0 Å². The van der Waals surface area contributed by atoms with Gasteiger partial charge in [0.05, 0.1) is 6.33 Å². The van der Waals surface area contributed by atoms with E-state index >= 15 is 0 Å². The molecule has 0 bridgehead atoms. The quantitative estimate of drug-likeness (QED) is 0.823. The molecular weight excluding hydrogens is 198 g/mol. The van der Waals surface area contributed by atoms with Gasteiger partial charge in [-0.25, -0.2) is 4.98 Å². The van der Waals surface area contributed by atoms with Gasteiger partial charge in [0.25, 0.3) is 0 Å². The van der Waals surface area contributed by atoms with E-state index < -0.39 is 0 Å². The van der Waals surface area contributed by atoms with Gasteiger partial charge in [0.2, 0.25) is 0 Å². The smallest absolute Gasteiger partial charge is 0.0922 e. The summed E-state index contributed by atoms with van der Waals surface area (Å²) >= 11 is 0. The topological polar surface area (TPSA) is 40.7 Å². The summed E-state index contributed by atoms with van der Waals surface area (Å²) in [4.78, 5) is 7.07. The molecule has 0 saturated heterocycles. The van der Waals surface area contributed by atoms with E-state index in [0.717, 1.165) is 12.2 Å². The second kappa shape index (κ2) is 4.94. The molecule has 0 spiro atoms. The molecule has 0 fully saturated rings. The third-order valence-corrected chi connectivity index (χ3v) is 2.70. The Morgan fingerprint density at radius 3 is 3.00 bits per heavy atom. The van der Waals surface area contributed by atoms with Crippen LogP contribution in [0.3, 0.4) is 0 Å². The Morgan fingerprint density at radius 1 is 1.44 bits per heavy atom. The monoisotopic (exact) mass is 215 g/mol. The highest BCUT2D eigenvalue weighted by atomic mass is 14.9. The van der Waals surface area contributed by atoms with Crippen molar-refractivity contribution in [3.05, 3.63) is 53.6 Å². The molecule has 3 heteroatoms. The zero-order chi connectivity index (χ0) is 11.4. The van der Waals surface area contributed by atoms with Crippen molar-refractivity contribution in [2.24, 2.45) is 0 Å². The van der Waals surface area contributed by atoms with Crippen LogP contribution in [0.4, 0.5) is 0 Å². The lowest BCUT2D eigenvalue weighted by Gasteiger charge is -2.14. The lowest BCUT2D eigenvalue weighted by molar-refractivity contribution is 0.568. The number of rotatable bonds is 4. The summed E-state index contributed by atoms with van der Waals surface area (Å²) in [5, 5.41) is 3.46. The lowest BCUT2D eigenvalue weighted by Crippen LogP contribution is -2.18. The molecule has 1 aromatic carbocycles. The maximum absolute atomic E-state index is 3.99. The van der Waals surface area contributed by atoms with Gasteiger partial charge in [-0.3, -0.25) is 0 Å². The number of hydrogen-bond donors (Lipinski definition) is 2. The molecule has 2 rings (SSSR count). The van der Waals surface area contributed by atoms with Crippen molar-refractivity contribution in [1.29, 1.82) is 0 Å². The number of H-pyrrole nitrogens is 1. The molecule has 1 aromatic heterocycles. The molecule has 84 valence electrons. The minimum Gasteiger partial charge on any atom is -0.347 e. The zero-order valence-corrected chi connectivity index (χ0v) is 9.70. The summed E-state index contributed by atoms with van der Waals surface area (Å²) in [6.07, 6.45) is 3.55. The number of imidazole rings is 1. The fourth-order valence-corrected chi connectivity index (χ4v) is 1.70. The van der Waals surface area contributed by atoms with Crippen molar-refractivity contribution in [3.63, 3.8) is 0 Å². The molecule has 0 aliphatic carbocycles. The molecule has 16 heavy (non-hydrogen) atoms. The van der Waals surface area contributed by atoms with Crippen LogP contribution in [0.1, 0.15) is 29.8 Å². The van der Waals surface area contributed by atoms with Gasteiger partial charge in [0.1, 0.15) is 0 Å². The molecule has 0 saturated carbocycles. The van der Waals surface area contributed by atoms with Crippen LogP contribution >= 0.6 is 0 Å². The number of aryl methyl sites for hydroxylation is 1. The van der Waals surface area contributed by atoms with E-state index in [4.69, 9.17) is 0 Å². The van der Waals surface area contributed by atoms with E-state index in [1.165, 1.54) is 11.1 Å². The normalized spacial score (nSPS) is 12.6. The van der Waals surface area contributed by atoms with Gasteiger partial charge in [-0.2, -0.15) is 0 Å². The van der Waals surface area contributed by atoms with Crippen molar-refractivity contribution in [1.82, 2.24) is 15.3 Å². The number of nitrogens with zero attached hydrogens (tertiary/aromatic N) is 1. The number of benzene rings is 1. The number of aromatic amines is 1. The molecule has 0 aliphatic heterocycles. The SMILES string of the molecule is Cc1cccc([C@H](C)NCc2cnc[nH]2)c1. The first-order chi connectivity index (χ1) is 7.75. The molecule has 0 radical (unpaired) electrons. The Bertz CT molecular complexity index is 434. The molecule has 2 N–H and O–H groups in total. The average molecular weight is 215 g/mol. The van der Waals surface area contributed by atoms with Crippen LogP contribution in [0.5, 0.6) is 0 Å².